The number of nitrogens with one attached hydrogen (secondary N) is 1. The van der Waals surface area contributed by atoms with Crippen molar-refractivity contribution in [1.82, 2.24) is 20.0 Å². The lowest BCUT2D eigenvalue weighted by Crippen LogP contribution is -2.59. The Bertz CT molecular complexity index is 1570. The minimum Gasteiger partial charge on any atom is -0.481 e. The van der Waals surface area contributed by atoms with Gasteiger partial charge in [-0.1, -0.05) is 6.42 Å². The Morgan fingerprint density at radius 2 is 0.701 bits per heavy atom. The fraction of sp³-hybridized carbons (Fsp3) is 0.909. The summed E-state index contributed by atoms with van der Waals surface area (Å²) in [4.78, 5) is 56.4. The molecule has 4 heterocycles. The van der Waals surface area contributed by atoms with Crippen LogP contribution in [0.5, 0.6) is 0 Å². The molecule has 0 saturated carbocycles. The van der Waals surface area contributed by atoms with Crippen molar-refractivity contribution in [2.45, 2.75) is 149 Å². The van der Waals surface area contributed by atoms with Gasteiger partial charge >= 0.3 is 5.97 Å². The van der Waals surface area contributed by atoms with E-state index in [4.69, 9.17) is 43.0 Å². The van der Waals surface area contributed by atoms with Gasteiger partial charge in [0.25, 0.3) is 0 Å². The first-order valence-corrected chi connectivity index (χ1v) is 25.0. The van der Waals surface area contributed by atoms with Crippen molar-refractivity contribution in [3.05, 3.63) is 0 Å². The molecule has 33 heteroatoms. The average molecular weight is 1130 g/mol. The van der Waals surface area contributed by atoms with Crippen LogP contribution in [0.4, 0.5) is 0 Å². The molecule has 0 aromatic heterocycles. The summed E-state index contributed by atoms with van der Waals surface area (Å²) in [6.45, 7) is -8.87. The van der Waals surface area contributed by atoms with Crippen molar-refractivity contribution < 1.29 is 144 Å². The summed E-state index contributed by atoms with van der Waals surface area (Å²) in [7, 11) is 0. The Morgan fingerprint density at radius 3 is 0.974 bits per heavy atom. The number of carboxylic acid groups (broad SMARTS) is 1. The van der Waals surface area contributed by atoms with Crippen LogP contribution in [-0.4, -0.2) is 353 Å². The number of carbonyl (C=O) groups excluding carboxylic acids is 3. The molecule has 0 aromatic rings. The van der Waals surface area contributed by atoms with Crippen LogP contribution >= 0.6 is 0 Å². The van der Waals surface area contributed by atoms with Crippen molar-refractivity contribution in [1.29, 1.82) is 0 Å². The van der Waals surface area contributed by atoms with Crippen LogP contribution in [0, 0.1) is 0 Å². The molecule has 4 aliphatic heterocycles. The molecule has 0 aromatic carbocycles. The zero-order chi connectivity index (χ0) is 57.1. The zero-order valence-electron chi connectivity index (χ0n) is 42.0. The van der Waals surface area contributed by atoms with E-state index in [1.807, 2.05) is 0 Å². The molecule has 4 fully saturated rings. The molecule has 0 unspecified atom stereocenters. The molecule has 448 valence electrons. The maximum absolute atomic E-state index is 14.4. The minimum atomic E-state index is -1.84. The number of rotatable bonds is 32. The summed E-state index contributed by atoms with van der Waals surface area (Å²) in [5, 5.41) is 174. The highest BCUT2D eigenvalue weighted by Crippen LogP contribution is 2.26. The first-order chi connectivity index (χ1) is 36.6. The molecule has 20 atom stereocenters. The number of unbranched alkanes of at least 4 members (excludes halogenated alkanes) is 2. The summed E-state index contributed by atoms with van der Waals surface area (Å²) in [5.41, 5.74) is 0. The molecule has 4 aliphatic rings. The van der Waals surface area contributed by atoms with E-state index in [1.165, 1.54) is 0 Å². The van der Waals surface area contributed by atoms with Gasteiger partial charge < -0.3 is 140 Å². The van der Waals surface area contributed by atoms with E-state index >= 15 is 0 Å². The van der Waals surface area contributed by atoms with E-state index < -0.39 is 245 Å². The Labute approximate surface area is 440 Å². The molecule has 0 radical (unpaired) electrons. The first-order valence-electron chi connectivity index (χ1n) is 25.0. The van der Waals surface area contributed by atoms with Crippen LogP contribution < -0.4 is 5.32 Å². The van der Waals surface area contributed by atoms with Crippen LogP contribution in [0.15, 0.2) is 0 Å². The fourth-order valence-corrected chi connectivity index (χ4v) is 8.47. The maximum Gasteiger partial charge on any atom is 0.303 e. The number of hydrogen-bond donors (Lipinski definition) is 18. The Kier molecular flexibility index (Phi) is 28.4. The molecule has 4 rings (SSSR count). The molecule has 4 saturated heterocycles. The number of carboxylic acids is 1. The van der Waals surface area contributed by atoms with Gasteiger partial charge in [-0.15, -0.1) is 0 Å². The van der Waals surface area contributed by atoms with Gasteiger partial charge in [0.1, 0.15) is 97.7 Å². The van der Waals surface area contributed by atoms with Crippen molar-refractivity contribution >= 4 is 23.7 Å². The van der Waals surface area contributed by atoms with E-state index in [1.54, 1.807) is 0 Å². The Hall–Kier alpha value is -3.12. The van der Waals surface area contributed by atoms with Crippen LogP contribution in [0.1, 0.15) is 25.7 Å². The highest BCUT2D eigenvalue weighted by molar-refractivity contribution is 5.84. The second-order valence-electron chi connectivity index (χ2n) is 18.7. The summed E-state index contributed by atoms with van der Waals surface area (Å²) < 4.78 is 44.0. The van der Waals surface area contributed by atoms with Gasteiger partial charge in [0, 0.05) is 39.1 Å². The molecular weight excluding hydrogens is 1050 g/mol. The topological polar surface area (TPSA) is 508 Å². The second-order valence-corrected chi connectivity index (χ2v) is 18.7. The molecule has 3 amide bonds. The number of carbonyl (C=O) groups is 4. The zero-order valence-corrected chi connectivity index (χ0v) is 42.0. The van der Waals surface area contributed by atoms with Crippen molar-refractivity contribution in [3.63, 3.8) is 0 Å². The predicted octanol–water partition coefficient (Wildman–Crippen LogP) is -12.0. The fourth-order valence-electron chi connectivity index (χ4n) is 8.47. The van der Waals surface area contributed by atoms with Crippen LogP contribution in [0.2, 0.25) is 0 Å². The number of nitrogens with zero attached hydrogens (tertiary/aromatic N) is 3. The van der Waals surface area contributed by atoms with Crippen LogP contribution in [0.3, 0.4) is 0 Å². The lowest BCUT2D eigenvalue weighted by Gasteiger charge is -2.40. The summed E-state index contributed by atoms with van der Waals surface area (Å²) in [6, 6.07) is 0. The Balaban J connectivity index is 1.58. The lowest BCUT2D eigenvalue weighted by molar-refractivity contribution is -0.303. The van der Waals surface area contributed by atoms with Crippen molar-refractivity contribution in [3.8, 4) is 0 Å². The standard InChI is InChI=1S/C44H78N4O29/c49-17-21-29(58)33(62)37(66)41(74-21)70-10-6-47(7-11-71-42-38(67)34(63)30(59)22(18-50)75-42)26(54)15-46(14-25(53)45-5-3-1-2-4-28(56)57)16-27(55)48(8-12-72-43-39(68)35(64)31(60)23(19-51)76-43)9-13-73-44-40(69)36(65)32(61)24(20-52)77-44/h21-24,29-44,49-52,58-69H,1-20H2,(H,45,53)(H,56,57)/t21-,22-,23-,24-,29-,30-,31-,32-,33+,34+,35+,36+,37+,38+,39+,40+,41+,42+,43+,44+/m1/s1. The number of amides is 3. The van der Waals surface area contributed by atoms with E-state index in [0.717, 1.165) is 14.7 Å². The monoisotopic (exact) mass is 1130 g/mol. The highest BCUT2D eigenvalue weighted by Gasteiger charge is 2.47. The molecular formula is C44H78N4O29. The molecule has 0 bridgehead atoms. The quantitative estimate of drug-likeness (QED) is 0.0278. The van der Waals surface area contributed by atoms with Crippen LogP contribution in [-0.2, 0) is 57.1 Å². The molecule has 33 nitrogen and oxygen atoms in total. The Morgan fingerprint density at radius 1 is 0.403 bits per heavy atom. The van der Waals surface area contributed by atoms with Gasteiger partial charge in [0.05, 0.1) is 72.5 Å². The van der Waals surface area contributed by atoms with E-state index in [2.05, 4.69) is 5.32 Å². The van der Waals surface area contributed by atoms with Gasteiger partial charge in [-0.25, -0.2) is 0 Å². The SMILES string of the molecule is O=C(O)CCCCCNC(=O)CN(CC(=O)N(CCO[C@H]1O[C@H](CO)[C@@H](O)[C@H](O)[C@@H]1O)CCO[C@H]1O[C@H](CO)[C@@H](O)[C@H](O)[C@@H]1O)CC(=O)N(CCO[C@H]1O[C@H](CO)[C@@H](O)[C@H](O)[C@@H]1O)CCO[C@H]1O[C@H](CO)[C@@H](O)[C@H](O)[C@@H]1O. The number of aliphatic carboxylic acids is 1. The highest BCUT2D eigenvalue weighted by atomic mass is 16.7. The van der Waals surface area contributed by atoms with E-state index in [0.29, 0.717) is 19.3 Å². The number of aliphatic hydroxyl groups is 16. The van der Waals surface area contributed by atoms with Gasteiger partial charge in [-0.3, -0.25) is 24.1 Å². The van der Waals surface area contributed by atoms with Gasteiger partial charge in [0.15, 0.2) is 25.2 Å². The van der Waals surface area contributed by atoms with Crippen LogP contribution in [0.25, 0.3) is 0 Å². The number of hydrogen-bond acceptors (Lipinski definition) is 29. The molecule has 0 aliphatic carbocycles. The molecule has 18 N–H and O–H groups in total. The summed E-state index contributed by atoms with van der Waals surface area (Å²) in [5.74, 6) is -3.42. The maximum atomic E-state index is 14.4. The smallest absolute Gasteiger partial charge is 0.303 e. The minimum absolute atomic E-state index is 0.0571. The normalized spacial score (nSPS) is 35.6. The van der Waals surface area contributed by atoms with Gasteiger partial charge in [-0.2, -0.15) is 0 Å². The van der Waals surface area contributed by atoms with Crippen molar-refractivity contribution in [2.24, 2.45) is 0 Å². The molecule has 77 heavy (non-hydrogen) atoms. The third kappa shape index (κ3) is 19.3. The van der Waals surface area contributed by atoms with Gasteiger partial charge in [-0.05, 0) is 12.8 Å². The largest absolute Gasteiger partial charge is 0.481 e. The summed E-state index contributed by atoms with van der Waals surface area (Å²) in [6.07, 6.45) is -32.6. The van der Waals surface area contributed by atoms with Gasteiger partial charge in [0.2, 0.25) is 17.7 Å². The number of ether oxygens (including phenoxy) is 8. The lowest BCUT2D eigenvalue weighted by atomic mass is 9.99. The first kappa shape index (κ1) is 66.4. The van der Waals surface area contributed by atoms with E-state index in [9.17, 15) is 101 Å². The second kappa shape index (κ2) is 33.0. The molecule has 0 spiro atoms. The van der Waals surface area contributed by atoms with E-state index in [-0.39, 0.29) is 13.0 Å². The third-order valence-electron chi connectivity index (χ3n) is 13.1. The van der Waals surface area contributed by atoms with Crippen molar-refractivity contribution in [2.75, 3.05) is 105 Å². The number of aliphatic hydroxyl groups excluding tert-OH is 16. The summed E-state index contributed by atoms with van der Waals surface area (Å²) >= 11 is 0. The predicted molar refractivity (Wildman–Crippen MR) is 248 cm³/mol. The average Bonchev–Trinajstić information content (AvgIpc) is 3.40. The third-order valence-corrected chi connectivity index (χ3v) is 13.1.